The summed E-state index contributed by atoms with van der Waals surface area (Å²) in [6.07, 6.45) is 8.35. The summed E-state index contributed by atoms with van der Waals surface area (Å²) in [5.74, 6) is 1.40. The summed E-state index contributed by atoms with van der Waals surface area (Å²) in [5.41, 5.74) is 10.9. The lowest BCUT2D eigenvalue weighted by atomic mass is 10.0. The van der Waals surface area contributed by atoms with Crippen molar-refractivity contribution in [2.24, 2.45) is 11.1 Å². The van der Waals surface area contributed by atoms with Crippen molar-refractivity contribution in [3.05, 3.63) is 41.6 Å². The van der Waals surface area contributed by atoms with Crippen molar-refractivity contribution in [3.63, 3.8) is 0 Å². The van der Waals surface area contributed by atoms with Crippen molar-refractivity contribution in [2.45, 2.75) is 44.2 Å². The van der Waals surface area contributed by atoms with E-state index in [1.165, 1.54) is 6.07 Å². The number of benzene rings is 1. The number of rotatable bonds is 7. The molecule has 4 aliphatic rings. The zero-order chi connectivity index (χ0) is 25.9. The Balaban J connectivity index is 1.19. The fourth-order valence-corrected chi connectivity index (χ4v) is 6.01. The van der Waals surface area contributed by atoms with Crippen LogP contribution >= 0.6 is 0 Å². The van der Waals surface area contributed by atoms with Gasteiger partial charge in [-0.1, -0.05) is 0 Å². The summed E-state index contributed by atoms with van der Waals surface area (Å²) in [6, 6.07) is 3.40. The van der Waals surface area contributed by atoms with Gasteiger partial charge in [0, 0.05) is 62.4 Å². The minimum absolute atomic E-state index is 0.0850. The molecule has 2 atom stereocenters. The summed E-state index contributed by atoms with van der Waals surface area (Å²) >= 11 is 0. The van der Waals surface area contributed by atoms with Crippen LogP contribution in [-0.2, 0) is 11.2 Å². The molecule has 38 heavy (non-hydrogen) atoms. The quantitative estimate of drug-likeness (QED) is 0.336. The number of nitrogens with two attached hydrogens (primary N) is 1. The van der Waals surface area contributed by atoms with Gasteiger partial charge in [-0.3, -0.25) is 0 Å². The molecule has 4 N–H and O–H groups in total. The predicted molar refractivity (Wildman–Crippen MR) is 141 cm³/mol. The number of anilines is 3. The second-order valence-electron chi connectivity index (χ2n) is 10.8. The van der Waals surface area contributed by atoms with Crippen LogP contribution in [0.25, 0.3) is 11.1 Å². The van der Waals surface area contributed by atoms with Crippen LogP contribution in [0.3, 0.4) is 0 Å². The second kappa shape index (κ2) is 9.02. The van der Waals surface area contributed by atoms with E-state index in [9.17, 15) is 4.39 Å². The smallest absolute Gasteiger partial charge is 0.324 e. The topological polar surface area (TPSA) is 123 Å². The molecule has 2 aromatic heterocycles. The van der Waals surface area contributed by atoms with E-state index in [-0.39, 0.29) is 29.4 Å². The highest BCUT2D eigenvalue weighted by Gasteiger charge is 2.54. The minimum atomic E-state index is -0.297. The molecule has 11 heteroatoms. The summed E-state index contributed by atoms with van der Waals surface area (Å²) in [6.45, 7) is 3.01. The van der Waals surface area contributed by atoms with Gasteiger partial charge in [-0.2, -0.15) is 9.97 Å². The summed E-state index contributed by atoms with van der Waals surface area (Å²) in [7, 11) is 1.80. The van der Waals surface area contributed by atoms with Crippen molar-refractivity contribution in [1.82, 2.24) is 19.9 Å². The van der Waals surface area contributed by atoms with E-state index in [0.29, 0.717) is 31.2 Å². The fraction of sp³-hybridized carbons (Fsp3) is 0.481. The molecule has 1 unspecified atom stereocenters. The molecule has 2 aliphatic carbocycles. The van der Waals surface area contributed by atoms with Gasteiger partial charge in [-0.15, -0.1) is 0 Å². The van der Waals surface area contributed by atoms with Crippen LogP contribution in [0.2, 0.25) is 0 Å². The molecule has 3 fully saturated rings. The monoisotopic (exact) mass is 518 g/mol. The first-order chi connectivity index (χ1) is 18.5. The zero-order valence-electron chi connectivity index (χ0n) is 21.3. The molecule has 2 aliphatic heterocycles. The van der Waals surface area contributed by atoms with Crippen LogP contribution in [0.1, 0.15) is 36.9 Å². The SMILES string of the molecule is CNc1cc(F)cc2c1Cc1nc(Oc3cnc(NCC4CCCO4)nc3)nc(N3C[C@H](N)C4(CC4)C3)c1-2. The van der Waals surface area contributed by atoms with E-state index in [1.807, 2.05) is 0 Å². The van der Waals surface area contributed by atoms with Gasteiger partial charge >= 0.3 is 6.01 Å². The number of aromatic nitrogens is 4. The summed E-state index contributed by atoms with van der Waals surface area (Å²) in [4.78, 5) is 20.6. The molecule has 0 bridgehead atoms. The van der Waals surface area contributed by atoms with E-state index in [2.05, 4.69) is 25.5 Å². The molecule has 7 rings (SSSR count). The number of ether oxygens (including phenoxy) is 2. The molecular weight excluding hydrogens is 487 g/mol. The van der Waals surface area contributed by atoms with Crippen molar-refractivity contribution in [2.75, 3.05) is 48.8 Å². The average Bonchev–Trinajstić information content (AvgIpc) is 3.22. The van der Waals surface area contributed by atoms with Crippen molar-refractivity contribution in [3.8, 4) is 22.9 Å². The molecular formula is C27H31FN8O2. The molecule has 1 saturated carbocycles. The molecule has 1 spiro atoms. The first kappa shape index (κ1) is 23.5. The third-order valence-electron chi connectivity index (χ3n) is 8.29. The third-order valence-corrected chi connectivity index (χ3v) is 8.29. The van der Waals surface area contributed by atoms with Gasteiger partial charge in [0.05, 0.1) is 24.2 Å². The Labute approximate surface area is 220 Å². The molecule has 10 nitrogen and oxygen atoms in total. The van der Waals surface area contributed by atoms with E-state index in [1.54, 1.807) is 25.5 Å². The van der Waals surface area contributed by atoms with Crippen LogP contribution in [0.5, 0.6) is 11.8 Å². The number of fused-ring (bicyclic) bond motifs is 3. The molecule has 2 saturated heterocycles. The van der Waals surface area contributed by atoms with Gasteiger partial charge < -0.3 is 30.7 Å². The maximum Gasteiger partial charge on any atom is 0.324 e. The van der Waals surface area contributed by atoms with Gasteiger partial charge in [-0.25, -0.2) is 14.4 Å². The largest absolute Gasteiger partial charge is 0.421 e. The van der Waals surface area contributed by atoms with Crippen molar-refractivity contribution >= 4 is 17.5 Å². The van der Waals surface area contributed by atoms with Gasteiger partial charge in [0.25, 0.3) is 0 Å². The Morgan fingerprint density at radius 1 is 1.24 bits per heavy atom. The molecule has 3 aromatic rings. The lowest BCUT2D eigenvalue weighted by Crippen LogP contribution is -2.30. The molecule has 1 aromatic carbocycles. The van der Waals surface area contributed by atoms with Crippen LogP contribution in [0.4, 0.5) is 21.8 Å². The molecule has 198 valence electrons. The Bertz CT molecular complexity index is 1370. The highest BCUT2D eigenvalue weighted by molar-refractivity contribution is 5.88. The number of nitrogens with one attached hydrogen (secondary N) is 2. The number of nitrogens with zero attached hydrogens (tertiary/aromatic N) is 5. The van der Waals surface area contributed by atoms with E-state index < -0.39 is 0 Å². The maximum atomic E-state index is 14.6. The number of halogens is 1. The summed E-state index contributed by atoms with van der Waals surface area (Å²) < 4.78 is 26.3. The van der Waals surface area contributed by atoms with Gasteiger partial charge in [0.2, 0.25) is 5.95 Å². The standard InChI is InChI=1S/C27H31FN8O2/c1-30-20-8-15(28)7-19-18(20)9-21-23(19)24(36-13-22(29)27(14-36)4-5-27)35-26(34-21)38-17-11-32-25(33-12-17)31-10-16-3-2-6-37-16/h7-8,11-12,16,22,30H,2-6,9-10,13-14,29H2,1H3,(H,31,32,33)/t16?,22-/m0/s1. The zero-order valence-corrected chi connectivity index (χ0v) is 21.3. The Hall–Kier alpha value is -3.57. The average molecular weight is 519 g/mol. The predicted octanol–water partition coefficient (Wildman–Crippen LogP) is 3.33. The normalized spacial score (nSPS) is 22.4. The first-order valence-electron chi connectivity index (χ1n) is 13.3. The Kier molecular flexibility index (Phi) is 5.59. The first-order valence-corrected chi connectivity index (χ1v) is 13.3. The van der Waals surface area contributed by atoms with Crippen molar-refractivity contribution < 1.29 is 13.9 Å². The lowest BCUT2D eigenvalue weighted by Gasteiger charge is -2.21. The fourth-order valence-electron chi connectivity index (χ4n) is 6.01. The molecule has 0 radical (unpaired) electrons. The lowest BCUT2D eigenvalue weighted by molar-refractivity contribution is 0.120. The van der Waals surface area contributed by atoms with E-state index in [0.717, 1.165) is 72.7 Å². The van der Waals surface area contributed by atoms with Gasteiger partial charge in [0.1, 0.15) is 11.6 Å². The number of hydrogen-bond donors (Lipinski definition) is 3. The second-order valence-corrected chi connectivity index (χ2v) is 10.8. The Morgan fingerprint density at radius 2 is 2.08 bits per heavy atom. The third kappa shape index (κ3) is 4.10. The van der Waals surface area contributed by atoms with Crippen LogP contribution in [0.15, 0.2) is 24.5 Å². The molecule has 0 amide bonds. The number of hydrogen-bond acceptors (Lipinski definition) is 10. The van der Waals surface area contributed by atoms with Crippen LogP contribution in [0, 0.1) is 11.2 Å². The maximum absolute atomic E-state index is 14.6. The van der Waals surface area contributed by atoms with E-state index in [4.69, 9.17) is 25.2 Å². The Morgan fingerprint density at radius 3 is 2.79 bits per heavy atom. The van der Waals surface area contributed by atoms with Crippen LogP contribution < -0.4 is 26.0 Å². The van der Waals surface area contributed by atoms with Crippen molar-refractivity contribution in [1.29, 1.82) is 0 Å². The summed E-state index contributed by atoms with van der Waals surface area (Å²) in [5, 5.41) is 6.34. The van der Waals surface area contributed by atoms with E-state index >= 15 is 0 Å². The van der Waals surface area contributed by atoms with Gasteiger partial charge in [-0.05, 0) is 48.9 Å². The highest BCUT2D eigenvalue weighted by Crippen LogP contribution is 2.54. The highest BCUT2D eigenvalue weighted by atomic mass is 19.1. The van der Waals surface area contributed by atoms with Gasteiger partial charge in [0.15, 0.2) is 5.75 Å². The molecule has 4 heterocycles. The minimum Gasteiger partial charge on any atom is -0.421 e. The van der Waals surface area contributed by atoms with Crippen LogP contribution in [-0.4, -0.2) is 65.4 Å².